The van der Waals surface area contributed by atoms with Gasteiger partial charge in [-0.3, -0.25) is 4.79 Å². The fourth-order valence-corrected chi connectivity index (χ4v) is 2.57. The summed E-state index contributed by atoms with van der Waals surface area (Å²) in [5.74, 6) is -1.26. The molecule has 2 N–H and O–H groups in total. The molecule has 22 heavy (non-hydrogen) atoms. The zero-order valence-corrected chi connectivity index (χ0v) is 12.9. The molecule has 1 heterocycles. The normalized spacial score (nSPS) is 10.4. The van der Waals surface area contributed by atoms with Gasteiger partial charge in [-0.05, 0) is 19.1 Å². The van der Waals surface area contributed by atoms with Gasteiger partial charge in [-0.15, -0.1) is 11.3 Å². The van der Waals surface area contributed by atoms with E-state index in [0.29, 0.717) is 5.56 Å². The summed E-state index contributed by atoms with van der Waals surface area (Å²) in [7, 11) is 0. The van der Waals surface area contributed by atoms with Crippen molar-refractivity contribution in [3.05, 3.63) is 40.9 Å². The molecule has 0 aliphatic carbocycles. The van der Waals surface area contributed by atoms with E-state index in [2.05, 4.69) is 10.3 Å². The number of benzene rings is 1. The van der Waals surface area contributed by atoms with Crippen LogP contribution in [-0.4, -0.2) is 41.7 Å². The van der Waals surface area contributed by atoms with Gasteiger partial charge in [-0.25, -0.2) is 9.78 Å². The van der Waals surface area contributed by atoms with Crippen LogP contribution in [0.3, 0.4) is 0 Å². The molecule has 0 bridgehead atoms. The van der Waals surface area contributed by atoms with E-state index < -0.39 is 5.97 Å². The van der Waals surface area contributed by atoms with Crippen molar-refractivity contribution in [2.75, 3.05) is 19.8 Å². The molecule has 0 atom stereocenters. The molecule has 1 aromatic heterocycles. The number of amides is 1. The van der Waals surface area contributed by atoms with Gasteiger partial charge >= 0.3 is 5.97 Å². The molecule has 7 heteroatoms. The lowest BCUT2D eigenvalue weighted by atomic mass is 10.1. The van der Waals surface area contributed by atoms with Crippen LogP contribution in [0.4, 0.5) is 0 Å². The van der Waals surface area contributed by atoms with Crippen LogP contribution in [0, 0.1) is 6.92 Å². The number of hydrogen-bond donors (Lipinski definition) is 2. The number of nitrogens with zero attached hydrogens (tertiary/aromatic N) is 1. The van der Waals surface area contributed by atoms with Gasteiger partial charge in [0.2, 0.25) is 0 Å². The lowest BCUT2D eigenvalue weighted by Crippen LogP contribution is -2.27. The van der Waals surface area contributed by atoms with Crippen LogP contribution in [-0.2, 0) is 9.53 Å². The van der Waals surface area contributed by atoms with Crippen molar-refractivity contribution in [1.82, 2.24) is 10.3 Å². The first-order valence-corrected chi connectivity index (χ1v) is 7.54. The molecule has 0 spiro atoms. The minimum atomic E-state index is -1.03. The van der Waals surface area contributed by atoms with Gasteiger partial charge in [0, 0.05) is 28.7 Å². The van der Waals surface area contributed by atoms with Crippen molar-refractivity contribution < 1.29 is 19.4 Å². The Kier molecular flexibility index (Phi) is 5.62. The quantitative estimate of drug-likeness (QED) is 0.761. The van der Waals surface area contributed by atoms with E-state index in [4.69, 9.17) is 9.84 Å². The number of carbonyl (C=O) groups excluding carboxylic acids is 1. The maximum absolute atomic E-state index is 12.0. The first-order valence-electron chi connectivity index (χ1n) is 6.66. The molecule has 0 fully saturated rings. The van der Waals surface area contributed by atoms with Crippen molar-refractivity contribution in [3.63, 3.8) is 0 Å². The summed E-state index contributed by atoms with van der Waals surface area (Å²) < 4.78 is 4.85. The number of hydrogen-bond acceptors (Lipinski definition) is 5. The largest absolute Gasteiger partial charge is 0.480 e. The van der Waals surface area contributed by atoms with Crippen LogP contribution in [0.1, 0.15) is 16.1 Å². The number of carboxylic acids is 1. The molecule has 0 aliphatic heterocycles. The molecular formula is C15H16N2O4S. The molecule has 0 aliphatic rings. The SMILES string of the molecule is Cc1csc(-c2cccc(C(=O)NCCOCC(=O)O)c2)n1. The zero-order valence-electron chi connectivity index (χ0n) is 12.0. The average Bonchev–Trinajstić information content (AvgIpc) is 2.93. The monoisotopic (exact) mass is 320 g/mol. The second-order valence-electron chi connectivity index (χ2n) is 4.58. The Morgan fingerprint density at radius 1 is 1.41 bits per heavy atom. The lowest BCUT2D eigenvalue weighted by molar-refractivity contribution is -0.142. The molecule has 0 unspecified atom stereocenters. The van der Waals surface area contributed by atoms with Crippen LogP contribution >= 0.6 is 11.3 Å². The number of aromatic nitrogens is 1. The first-order chi connectivity index (χ1) is 10.6. The topological polar surface area (TPSA) is 88.5 Å². The Labute approximate surface area is 131 Å². The predicted molar refractivity (Wildman–Crippen MR) is 83.1 cm³/mol. The van der Waals surface area contributed by atoms with E-state index in [1.807, 2.05) is 24.4 Å². The van der Waals surface area contributed by atoms with Crippen LogP contribution in [0.5, 0.6) is 0 Å². The second-order valence-corrected chi connectivity index (χ2v) is 5.44. The van der Waals surface area contributed by atoms with E-state index in [1.54, 1.807) is 12.1 Å². The highest BCUT2D eigenvalue weighted by atomic mass is 32.1. The summed E-state index contributed by atoms with van der Waals surface area (Å²) in [6.07, 6.45) is 0. The maximum Gasteiger partial charge on any atom is 0.329 e. The van der Waals surface area contributed by atoms with E-state index in [-0.39, 0.29) is 25.7 Å². The number of ether oxygens (including phenoxy) is 1. The average molecular weight is 320 g/mol. The number of thiazole rings is 1. The number of rotatable bonds is 7. The first kappa shape index (κ1) is 16.1. The summed E-state index contributed by atoms with van der Waals surface area (Å²) in [5, 5.41) is 13.9. The van der Waals surface area contributed by atoms with Gasteiger partial charge in [-0.1, -0.05) is 12.1 Å². The van der Waals surface area contributed by atoms with Gasteiger partial charge in [0.25, 0.3) is 5.91 Å². The highest BCUT2D eigenvalue weighted by Gasteiger charge is 2.08. The lowest BCUT2D eigenvalue weighted by Gasteiger charge is -2.06. The molecule has 1 aromatic carbocycles. The highest BCUT2D eigenvalue weighted by Crippen LogP contribution is 2.24. The molecule has 2 aromatic rings. The summed E-state index contributed by atoms with van der Waals surface area (Å²) in [4.78, 5) is 26.7. The zero-order chi connectivity index (χ0) is 15.9. The number of carbonyl (C=O) groups is 2. The van der Waals surface area contributed by atoms with Crippen molar-refractivity contribution in [1.29, 1.82) is 0 Å². The standard InChI is InChI=1S/C15H16N2O4S/c1-10-9-22-15(17-10)12-4-2-3-11(7-12)14(20)16-5-6-21-8-13(18)19/h2-4,7,9H,5-6,8H2,1H3,(H,16,20)(H,18,19). The maximum atomic E-state index is 12.0. The predicted octanol–water partition coefficient (Wildman–Crippen LogP) is 1.95. The van der Waals surface area contributed by atoms with Crippen molar-refractivity contribution in [2.45, 2.75) is 6.92 Å². The Hall–Kier alpha value is -2.25. The summed E-state index contributed by atoms with van der Waals surface area (Å²) >= 11 is 1.53. The summed E-state index contributed by atoms with van der Waals surface area (Å²) in [5.41, 5.74) is 2.38. The van der Waals surface area contributed by atoms with Gasteiger partial charge in [0.05, 0.1) is 6.61 Å². The van der Waals surface area contributed by atoms with E-state index in [0.717, 1.165) is 16.3 Å². The van der Waals surface area contributed by atoms with Crippen LogP contribution in [0.2, 0.25) is 0 Å². The minimum absolute atomic E-state index is 0.156. The van der Waals surface area contributed by atoms with Gasteiger partial charge < -0.3 is 15.2 Å². The highest BCUT2D eigenvalue weighted by molar-refractivity contribution is 7.13. The fraction of sp³-hybridized carbons (Fsp3) is 0.267. The molecule has 6 nitrogen and oxygen atoms in total. The van der Waals surface area contributed by atoms with Gasteiger partial charge in [0.1, 0.15) is 11.6 Å². The van der Waals surface area contributed by atoms with Gasteiger partial charge in [0.15, 0.2) is 0 Å². The third kappa shape index (κ3) is 4.64. The Bertz CT molecular complexity index is 669. The Balaban J connectivity index is 1.92. The molecule has 116 valence electrons. The molecule has 0 saturated heterocycles. The van der Waals surface area contributed by atoms with Crippen molar-refractivity contribution in [3.8, 4) is 10.6 Å². The Morgan fingerprint density at radius 3 is 2.91 bits per heavy atom. The molecule has 2 rings (SSSR count). The van der Waals surface area contributed by atoms with Crippen LogP contribution in [0.15, 0.2) is 29.6 Å². The van der Waals surface area contributed by atoms with E-state index in [9.17, 15) is 9.59 Å². The summed E-state index contributed by atoms with van der Waals surface area (Å²) in [6, 6.07) is 7.22. The fourth-order valence-electron chi connectivity index (χ4n) is 1.78. The smallest absolute Gasteiger partial charge is 0.329 e. The number of aryl methyl sites for hydroxylation is 1. The van der Waals surface area contributed by atoms with E-state index >= 15 is 0 Å². The Morgan fingerprint density at radius 2 is 2.23 bits per heavy atom. The van der Waals surface area contributed by atoms with Crippen LogP contribution < -0.4 is 5.32 Å². The third-order valence-electron chi connectivity index (χ3n) is 2.75. The molecule has 0 radical (unpaired) electrons. The summed E-state index contributed by atoms with van der Waals surface area (Å²) in [6.45, 7) is 1.97. The molecule has 0 saturated carbocycles. The van der Waals surface area contributed by atoms with E-state index in [1.165, 1.54) is 11.3 Å². The van der Waals surface area contributed by atoms with Crippen molar-refractivity contribution >= 4 is 23.2 Å². The number of nitrogens with one attached hydrogen (secondary N) is 1. The van der Waals surface area contributed by atoms with Crippen LogP contribution in [0.25, 0.3) is 10.6 Å². The molecular weight excluding hydrogens is 304 g/mol. The molecule has 1 amide bonds. The number of carboxylic acid groups (broad SMARTS) is 1. The van der Waals surface area contributed by atoms with Gasteiger partial charge in [-0.2, -0.15) is 0 Å². The third-order valence-corrected chi connectivity index (χ3v) is 3.76. The minimum Gasteiger partial charge on any atom is -0.480 e. The van der Waals surface area contributed by atoms with Crippen molar-refractivity contribution in [2.24, 2.45) is 0 Å². The number of aliphatic carboxylic acids is 1. The second kappa shape index (κ2) is 7.67.